The van der Waals surface area contributed by atoms with Crippen molar-refractivity contribution in [2.24, 2.45) is 0 Å². The number of carbonyl (C=O) groups is 1. The highest BCUT2D eigenvalue weighted by molar-refractivity contribution is 5.95. The molecule has 0 radical (unpaired) electrons. The number of rotatable bonds is 3. The Kier molecular flexibility index (Phi) is 4.94. The quantitative estimate of drug-likeness (QED) is 0.923. The molecular weight excluding hydrogens is 266 g/mol. The van der Waals surface area contributed by atoms with Crippen molar-refractivity contribution >= 4 is 11.6 Å². The van der Waals surface area contributed by atoms with Crippen molar-refractivity contribution in [3.8, 4) is 6.07 Å². The van der Waals surface area contributed by atoms with Crippen molar-refractivity contribution < 1.29 is 9.53 Å². The van der Waals surface area contributed by atoms with Gasteiger partial charge in [-0.3, -0.25) is 9.69 Å². The first-order valence-corrected chi connectivity index (χ1v) is 7.20. The van der Waals surface area contributed by atoms with Gasteiger partial charge in [0.2, 0.25) is 5.91 Å². The molecule has 1 aliphatic heterocycles. The van der Waals surface area contributed by atoms with Gasteiger partial charge in [-0.25, -0.2) is 0 Å². The van der Waals surface area contributed by atoms with E-state index in [9.17, 15) is 4.79 Å². The molecule has 1 amide bonds. The molecule has 0 aliphatic carbocycles. The van der Waals surface area contributed by atoms with Crippen LogP contribution < -0.4 is 5.32 Å². The minimum Gasteiger partial charge on any atom is -0.373 e. The van der Waals surface area contributed by atoms with Gasteiger partial charge in [0.25, 0.3) is 0 Å². The van der Waals surface area contributed by atoms with Crippen molar-refractivity contribution in [3.05, 3.63) is 29.8 Å². The second-order valence-corrected chi connectivity index (χ2v) is 5.53. The maximum atomic E-state index is 12.4. The maximum Gasteiger partial charge on any atom is 0.241 e. The number of nitrogens with zero attached hydrogens (tertiary/aromatic N) is 2. The summed E-state index contributed by atoms with van der Waals surface area (Å²) in [5.74, 6) is -0.0981. The summed E-state index contributed by atoms with van der Waals surface area (Å²) >= 11 is 0. The molecular formula is C16H21N3O2. The van der Waals surface area contributed by atoms with Crippen molar-refractivity contribution in [3.63, 3.8) is 0 Å². The lowest BCUT2D eigenvalue weighted by atomic mass is 10.1. The van der Waals surface area contributed by atoms with E-state index < -0.39 is 0 Å². The zero-order valence-electron chi connectivity index (χ0n) is 12.7. The Bertz CT molecular complexity index is 543. The first kappa shape index (κ1) is 15.5. The number of anilines is 1. The highest BCUT2D eigenvalue weighted by Gasteiger charge is 2.29. The molecule has 1 aromatic carbocycles. The highest BCUT2D eigenvalue weighted by atomic mass is 16.5. The van der Waals surface area contributed by atoms with Crippen LogP contribution in [0.25, 0.3) is 0 Å². The van der Waals surface area contributed by atoms with Crippen LogP contribution in [0.4, 0.5) is 5.69 Å². The number of morpholine rings is 1. The van der Waals surface area contributed by atoms with Gasteiger partial charge in [0.1, 0.15) is 6.07 Å². The highest BCUT2D eigenvalue weighted by Crippen LogP contribution is 2.17. The molecule has 0 aromatic heterocycles. The van der Waals surface area contributed by atoms with Gasteiger partial charge in [-0.1, -0.05) is 12.1 Å². The summed E-state index contributed by atoms with van der Waals surface area (Å²) in [6.07, 6.45) is 0.241. The predicted octanol–water partition coefficient (Wildman–Crippen LogP) is 1.99. The molecule has 1 N–H and O–H groups in total. The van der Waals surface area contributed by atoms with Crippen LogP contribution in [0.1, 0.15) is 26.3 Å². The zero-order valence-corrected chi connectivity index (χ0v) is 12.7. The second-order valence-electron chi connectivity index (χ2n) is 5.53. The average Bonchev–Trinajstić information content (AvgIpc) is 2.46. The Labute approximate surface area is 125 Å². The lowest BCUT2D eigenvalue weighted by Gasteiger charge is -2.38. The van der Waals surface area contributed by atoms with E-state index in [-0.39, 0.29) is 24.2 Å². The zero-order chi connectivity index (χ0) is 15.4. The summed E-state index contributed by atoms with van der Waals surface area (Å²) in [4.78, 5) is 14.5. The Morgan fingerprint density at radius 2 is 2.00 bits per heavy atom. The van der Waals surface area contributed by atoms with Crippen molar-refractivity contribution in [1.29, 1.82) is 5.26 Å². The average molecular weight is 287 g/mol. The summed E-state index contributed by atoms with van der Waals surface area (Å²) in [6.45, 7) is 7.38. The Hall–Kier alpha value is -1.90. The van der Waals surface area contributed by atoms with Crippen molar-refractivity contribution in [2.75, 3.05) is 18.4 Å². The van der Waals surface area contributed by atoms with E-state index in [1.54, 1.807) is 24.3 Å². The number of carbonyl (C=O) groups excluding carboxylic acids is 1. The van der Waals surface area contributed by atoms with Crippen LogP contribution >= 0.6 is 0 Å². The molecule has 1 saturated heterocycles. The molecule has 1 aliphatic rings. The van der Waals surface area contributed by atoms with Crippen LogP contribution in [0.2, 0.25) is 0 Å². The summed E-state index contributed by atoms with van der Waals surface area (Å²) in [7, 11) is 0. The molecule has 1 heterocycles. The fourth-order valence-electron chi connectivity index (χ4n) is 2.63. The van der Waals surface area contributed by atoms with Crippen LogP contribution in [-0.2, 0) is 9.53 Å². The van der Waals surface area contributed by atoms with Crippen LogP contribution in [0.5, 0.6) is 0 Å². The SMILES string of the molecule is C[C@@H]1CN([C@@H](C)C(=O)Nc2ccccc2C#N)C[C@@H](C)O1. The van der Waals surface area contributed by atoms with Crippen LogP contribution in [-0.4, -0.2) is 42.1 Å². The molecule has 5 nitrogen and oxygen atoms in total. The number of ether oxygens (including phenoxy) is 1. The number of para-hydroxylation sites is 1. The lowest BCUT2D eigenvalue weighted by molar-refractivity contribution is -0.126. The molecule has 112 valence electrons. The fraction of sp³-hybridized carbons (Fsp3) is 0.500. The van der Waals surface area contributed by atoms with E-state index in [0.29, 0.717) is 11.3 Å². The maximum absolute atomic E-state index is 12.4. The number of nitriles is 1. The van der Waals surface area contributed by atoms with E-state index in [1.807, 2.05) is 20.8 Å². The monoisotopic (exact) mass is 287 g/mol. The molecule has 2 rings (SSSR count). The largest absolute Gasteiger partial charge is 0.373 e. The molecule has 21 heavy (non-hydrogen) atoms. The molecule has 5 heteroatoms. The third kappa shape index (κ3) is 3.81. The summed E-state index contributed by atoms with van der Waals surface area (Å²) < 4.78 is 5.68. The fourth-order valence-corrected chi connectivity index (χ4v) is 2.63. The second kappa shape index (κ2) is 6.70. The smallest absolute Gasteiger partial charge is 0.241 e. The normalized spacial score (nSPS) is 24.1. The third-order valence-corrected chi connectivity index (χ3v) is 3.68. The van der Waals surface area contributed by atoms with E-state index in [4.69, 9.17) is 10.00 Å². The van der Waals surface area contributed by atoms with Gasteiger partial charge >= 0.3 is 0 Å². The Balaban J connectivity index is 2.04. The lowest BCUT2D eigenvalue weighted by Crippen LogP contribution is -2.52. The number of hydrogen-bond donors (Lipinski definition) is 1. The third-order valence-electron chi connectivity index (χ3n) is 3.68. The predicted molar refractivity (Wildman–Crippen MR) is 80.8 cm³/mol. The first-order valence-electron chi connectivity index (χ1n) is 7.20. The van der Waals surface area contributed by atoms with Gasteiger partial charge < -0.3 is 10.1 Å². The molecule has 3 atom stereocenters. The number of nitrogens with one attached hydrogen (secondary N) is 1. The van der Waals surface area contributed by atoms with Gasteiger partial charge in [-0.05, 0) is 32.9 Å². The molecule has 1 fully saturated rings. The molecule has 0 bridgehead atoms. The topological polar surface area (TPSA) is 65.4 Å². The minimum atomic E-state index is -0.259. The van der Waals surface area contributed by atoms with Gasteiger partial charge in [0, 0.05) is 13.1 Å². The van der Waals surface area contributed by atoms with Crippen molar-refractivity contribution in [1.82, 2.24) is 4.90 Å². The van der Waals surface area contributed by atoms with Crippen LogP contribution in [0, 0.1) is 11.3 Å². The van der Waals surface area contributed by atoms with Crippen LogP contribution in [0.15, 0.2) is 24.3 Å². The van der Waals surface area contributed by atoms with Crippen LogP contribution in [0.3, 0.4) is 0 Å². The van der Waals surface area contributed by atoms with Gasteiger partial charge in [0.15, 0.2) is 0 Å². The van der Waals surface area contributed by atoms with E-state index >= 15 is 0 Å². The standard InChI is InChI=1S/C16H21N3O2/c1-11-9-19(10-12(2)21-11)13(3)16(20)18-15-7-5-4-6-14(15)8-17/h4-7,11-13H,9-10H2,1-3H3,(H,18,20)/t11-,12-,13+/m1/s1. The van der Waals surface area contributed by atoms with E-state index in [2.05, 4.69) is 16.3 Å². The minimum absolute atomic E-state index is 0.0981. The van der Waals surface area contributed by atoms with Gasteiger partial charge in [0.05, 0.1) is 29.5 Å². The summed E-state index contributed by atoms with van der Waals surface area (Å²) in [5, 5.41) is 11.9. The van der Waals surface area contributed by atoms with Gasteiger partial charge in [-0.15, -0.1) is 0 Å². The van der Waals surface area contributed by atoms with E-state index in [0.717, 1.165) is 13.1 Å². The van der Waals surface area contributed by atoms with E-state index in [1.165, 1.54) is 0 Å². The molecule has 1 aromatic rings. The number of hydrogen-bond acceptors (Lipinski definition) is 4. The van der Waals surface area contributed by atoms with Gasteiger partial charge in [-0.2, -0.15) is 5.26 Å². The molecule has 0 saturated carbocycles. The molecule has 0 unspecified atom stereocenters. The summed E-state index contributed by atoms with van der Waals surface area (Å²) in [6, 6.07) is 8.85. The Morgan fingerprint density at radius 1 is 1.38 bits per heavy atom. The number of benzene rings is 1. The number of amides is 1. The molecule has 0 spiro atoms. The Morgan fingerprint density at radius 3 is 2.62 bits per heavy atom. The van der Waals surface area contributed by atoms with Crippen molar-refractivity contribution in [2.45, 2.75) is 39.0 Å². The first-order chi connectivity index (χ1) is 10.0. The summed E-state index contributed by atoms with van der Waals surface area (Å²) in [5.41, 5.74) is 1.04.